The number of aliphatic hydroxyl groups excluding tert-OH is 1. The molecule has 0 saturated carbocycles. The molecule has 182 valence electrons. The van der Waals surface area contributed by atoms with Crippen molar-refractivity contribution in [1.29, 1.82) is 0 Å². The van der Waals surface area contributed by atoms with Crippen molar-refractivity contribution in [1.82, 2.24) is 4.98 Å². The summed E-state index contributed by atoms with van der Waals surface area (Å²) in [6.07, 6.45) is 0.533. The first-order valence-corrected chi connectivity index (χ1v) is 12.4. The average molecular weight is 505 g/mol. The van der Waals surface area contributed by atoms with Crippen LogP contribution in [0.4, 0.5) is 14.5 Å². The van der Waals surface area contributed by atoms with Gasteiger partial charge in [-0.15, -0.1) is 11.8 Å². The molecule has 3 atom stereocenters. The number of thioether (sulfide) groups is 1. The van der Waals surface area contributed by atoms with Crippen LogP contribution < -0.4 is 4.90 Å². The van der Waals surface area contributed by atoms with Crippen LogP contribution in [0.25, 0.3) is 11.1 Å². The van der Waals surface area contributed by atoms with Gasteiger partial charge in [0, 0.05) is 23.2 Å². The number of phenols is 1. The highest BCUT2D eigenvalue weighted by Gasteiger charge is 2.49. The van der Waals surface area contributed by atoms with Gasteiger partial charge in [-0.2, -0.15) is 4.39 Å². The summed E-state index contributed by atoms with van der Waals surface area (Å²) in [4.78, 5) is 18.6. The lowest BCUT2D eigenvalue weighted by Crippen LogP contribution is -2.57. The lowest BCUT2D eigenvalue weighted by molar-refractivity contribution is -0.123. The van der Waals surface area contributed by atoms with Gasteiger partial charge in [0.1, 0.15) is 16.8 Å². The molecular formula is C28H22F2N2O3S. The van der Waals surface area contributed by atoms with Crippen LogP contribution in [0.1, 0.15) is 23.3 Å². The van der Waals surface area contributed by atoms with Crippen LogP contribution in [0.15, 0.2) is 91.1 Å². The molecule has 3 aromatic carbocycles. The number of nitrogens with zero attached hydrogens (tertiary/aromatic N) is 2. The highest BCUT2D eigenvalue weighted by Crippen LogP contribution is 2.46. The molecule has 8 heteroatoms. The van der Waals surface area contributed by atoms with E-state index in [4.69, 9.17) is 0 Å². The molecule has 2 heterocycles. The van der Waals surface area contributed by atoms with Crippen molar-refractivity contribution in [3.63, 3.8) is 0 Å². The van der Waals surface area contributed by atoms with Crippen LogP contribution in [0.5, 0.6) is 5.75 Å². The largest absolute Gasteiger partial charge is 0.508 e. The zero-order valence-corrected chi connectivity index (χ0v) is 19.8. The number of aromatic hydroxyl groups is 1. The summed E-state index contributed by atoms with van der Waals surface area (Å²) in [6, 6.07) is 22.3. The number of β-lactam (4-membered cyclic amide) rings is 1. The number of halogens is 2. The summed E-state index contributed by atoms with van der Waals surface area (Å²) in [5.41, 5.74) is 3.08. The number of pyridine rings is 1. The fourth-order valence-electron chi connectivity index (χ4n) is 4.29. The van der Waals surface area contributed by atoms with E-state index < -0.39 is 17.3 Å². The van der Waals surface area contributed by atoms with E-state index in [0.717, 1.165) is 5.56 Å². The van der Waals surface area contributed by atoms with Crippen molar-refractivity contribution in [3.8, 4) is 16.9 Å². The van der Waals surface area contributed by atoms with E-state index in [9.17, 15) is 23.8 Å². The maximum atomic E-state index is 14.1. The fraction of sp³-hybridized carbons (Fsp3) is 0.143. The Kier molecular flexibility index (Phi) is 6.71. The number of aromatic nitrogens is 1. The Morgan fingerprint density at radius 1 is 0.944 bits per heavy atom. The average Bonchev–Trinajstić information content (AvgIpc) is 2.89. The second-order valence-corrected chi connectivity index (χ2v) is 9.63. The number of hydrogen-bond donors (Lipinski definition) is 2. The maximum Gasteiger partial charge on any atom is 0.243 e. The van der Waals surface area contributed by atoms with Crippen LogP contribution in [-0.4, -0.2) is 32.1 Å². The lowest BCUT2D eigenvalue weighted by atomic mass is 9.92. The number of carbonyl (C=O) groups is 1. The zero-order valence-electron chi connectivity index (χ0n) is 19.0. The van der Waals surface area contributed by atoms with Crippen LogP contribution in [0.3, 0.4) is 0 Å². The molecule has 2 N–H and O–H groups in total. The Bertz CT molecular complexity index is 1370. The van der Waals surface area contributed by atoms with Crippen molar-refractivity contribution >= 4 is 23.4 Å². The normalized spacial score (nSPS) is 18.1. The maximum absolute atomic E-state index is 14.1. The molecule has 1 saturated heterocycles. The number of anilines is 1. The van der Waals surface area contributed by atoms with Crippen LogP contribution in [0.2, 0.25) is 0 Å². The highest BCUT2D eigenvalue weighted by atomic mass is 32.2. The molecule has 5 rings (SSSR count). The molecule has 0 radical (unpaired) electrons. The van der Waals surface area contributed by atoms with Crippen molar-refractivity contribution in [2.75, 3.05) is 10.7 Å². The SMILES string of the molecule is O=C1[C@H](SC[C@@H](O)c2ccc(F)cc2)[C@@H](c2ccc(O)cc2)N1c1ccc(-c2cccnc2F)cc1. The third-order valence-electron chi connectivity index (χ3n) is 6.18. The van der Waals surface area contributed by atoms with Gasteiger partial charge in [0.2, 0.25) is 11.9 Å². The van der Waals surface area contributed by atoms with Gasteiger partial charge in [0.15, 0.2) is 0 Å². The predicted octanol–water partition coefficient (Wildman–Crippen LogP) is 5.66. The third-order valence-corrected chi connectivity index (χ3v) is 7.51. The van der Waals surface area contributed by atoms with Gasteiger partial charge in [-0.3, -0.25) is 4.79 Å². The van der Waals surface area contributed by atoms with Crippen LogP contribution >= 0.6 is 11.8 Å². The molecule has 1 amide bonds. The van der Waals surface area contributed by atoms with E-state index in [1.165, 1.54) is 42.2 Å². The summed E-state index contributed by atoms with van der Waals surface area (Å²) < 4.78 is 27.3. The van der Waals surface area contributed by atoms with Crippen molar-refractivity contribution in [2.24, 2.45) is 0 Å². The van der Waals surface area contributed by atoms with E-state index in [1.807, 2.05) is 0 Å². The van der Waals surface area contributed by atoms with E-state index >= 15 is 0 Å². The fourth-order valence-corrected chi connectivity index (χ4v) is 5.59. The minimum absolute atomic E-state index is 0.120. The van der Waals surface area contributed by atoms with E-state index in [2.05, 4.69) is 4.98 Å². The number of aliphatic hydroxyl groups is 1. The number of rotatable bonds is 7. The van der Waals surface area contributed by atoms with Gasteiger partial charge in [-0.1, -0.05) is 36.4 Å². The van der Waals surface area contributed by atoms with Gasteiger partial charge >= 0.3 is 0 Å². The first-order chi connectivity index (χ1) is 17.4. The van der Waals surface area contributed by atoms with Gasteiger partial charge < -0.3 is 15.1 Å². The lowest BCUT2D eigenvalue weighted by Gasteiger charge is -2.47. The molecule has 0 aliphatic carbocycles. The Morgan fingerprint density at radius 3 is 2.31 bits per heavy atom. The summed E-state index contributed by atoms with van der Waals surface area (Å²) in [5.74, 6) is -0.695. The molecular weight excluding hydrogens is 482 g/mol. The molecule has 0 unspecified atom stereocenters. The van der Waals surface area contributed by atoms with Crippen molar-refractivity contribution in [2.45, 2.75) is 17.4 Å². The molecule has 36 heavy (non-hydrogen) atoms. The first-order valence-electron chi connectivity index (χ1n) is 11.3. The minimum atomic E-state index is -0.855. The topological polar surface area (TPSA) is 73.7 Å². The van der Waals surface area contributed by atoms with E-state index in [0.29, 0.717) is 22.4 Å². The van der Waals surface area contributed by atoms with E-state index in [1.54, 1.807) is 65.6 Å². The monoisotopic (exact) mass is 504 g/mol. The molecule has 5 nitrogen and oxygen atoms in total. The summed E-state index contributed by atoms with van der Waals surface area (Å²) in [7, 11) is 0. The smallest absolute Gasteiger partial charge is 0.243 e. The quantitative estimate of drug-likeness (QED) is 0.251. The second kappa shape index (κ2) is 10.1. The summed E-state index contributed by atoms with van der Waals surface area (Å²) in [5, 5.41) is 19.8. The minimum Gasteiger partial charge on any atom is -0.508 e. The molecule has 0 bridgehead atoms. The molecule has 4 aromatic rings. The Balaban J connectivity index is 1.38. The molecule has 0 spiro atoms. The van der Waals surface area contributed by atoms with Crippen LogP contribution in [-0.2, 0) is 4.79 Å². The molecule has 1 aliphatic heterocycles. The highest BCUT2D eigenvalue weighted by molar-refractivity contribution is 8.00. The predicted molar refractivity (Wildman–Crippen MR) is 136 cm³/mol. The number of hydrogen-bond acceptors (Lipinski definition) is 5. The summed E-state index contributed by atoms with van der Waals surface area (Å²) in [6.45, 7) is 0. The Labute approximate surface area is 211 Å². The van der Waals surface area contributed by atoms with Gasteiger partial charge in [0.25, 0.3) is 0 Å². The zero-order chi connectivity index (χ0) is 25.2. The number of benzene rings is 3. The van der Waals surface area contributed by atoms with Gasteiger partial charge in [0.05, 0.1) is 12.1 Å². The van der Waals surface area contributed by atoms with Crippen LogP contribution in [0, 0.1) is 11.8 Å². The number of phenolic OH excluding ortho intramolecular Hbond substituents is 1. The third kappa shape index (κ3) is 4.69. The standard InChI is InChI=1S/C28H22F2N2O3S/c29-20-9-3-18(4-10-20)24(34)16-36-26-25(19-7-13-22(33)14-8-19)32(28(26)35)21-11-5-17(6-12-21)23-2-1-15-31-27(23)30/h1-15,24-26,33-34H,16H2/t24-,25-,26-/m1/s1. The molecule has 1 fully saturated rings. The Hall–Kier alpha value is -3.75. The summed E-state index contributed by atoms with van der Waals surface area (Å²) >= 11 is 1.33. The number of amides is 1. The molecule has 1 aromatic heterocycles. The second-order valence-electron chi connectivity index (χ2n) is 8.45. The molecule has 1 aliphatic rings. The van der Waals surface area contributed by atoms with Gasteiger partial charge in [-0.05, 0) is 65.2 Å². The van der Waals surface area contributed by atoms with Crippen molar-refractivity contribution in [3.05, 3.63) is 114 Å². The van der Waals surface area contributed by atoms with Crippen molar-refractivity contribution < 1.29 is 23.8 Å². The van der Waals surface area contributed by atoms with E-state index in [-0.39, 0.29) is 29.3 Å². The number of carbonyl (C=O) groups excluding carboxylic acids is 1. The van der Waals surface area contributed by atoms with Gasteiger partial charge in [-0.25, -0.2) is 9.37 Å². The first kappa shape index (κ1) is 24.0. The Morgan fingerprint density at radius 2 is 1.64 bits per heavy atom.